The molecule has 0 saturated heterocycles. The Morgan fingerprint density at radius 2 is 0.881 bits per heavy atom. The van der Waals surface area contributed by atoms with E-state index in [1.807, 2.05) is 18.2 Å². The van der Waals surface area contributed by atoms with Crippen molar-refractivity contribution in [1.82, 2.24) is 24.1 Å². The predicted molar refractivity (Wildman–Crippen MR) is 275 cm³/mol. The molecule has 0 amide bonds. The lowest BCUT2D eigenvalue weighted by atomic mass is 10.0. The van der Waals surface area contributed by atoms with Crippen molar-refractivity contribution in [3.05, 3.63) is 224 Å². The van der Waals surface area contributed by atoms with Gasteiger partial charge in [0.05, 0.1) is 27.8 Å². The molecule has 312 valence electrons. The summed E-state index contributed by atoms with van der Waals surface area (Å²) in [4.78, 5) is 16.5. The zero-order valence-corrected chi connectivity index (χ0v) is 36.0. The molecule has 0 saturated carbocycles. The average molecular weight is 856 g/mol. The Morgan fingerprint density at radius 1 is 0.299 bits per heavy atom. The van der Waals surface area contributed by atoms with Gasteiger partial charge in [0, 0.05) is 60.8 Å². The Morgan fingerprint density at radius 3 is 1.70 bits per heavy atom. The van der Waals surface area contributed by atoms with Gasteiger partial charge in [-0.15, -0.1) is 0 Å². The van der Waals surface area contributed by atoms with Crippen LogP contribution in [-0.2, 0) is 0 Å². The number of rotatable bonds is 6. The van der Waals surface area contributed by atoms with E-state index in [0.717, 1.165) is 94.0 Å². The Hall–Kier alpha value is -9.13. The van der Waals surface area contributed by atoms with E-state index in [9.17, 15) is 0 Å². The summed E-state index contributed by atoms with van der Waals surface area (Å²) >= 11 is 0. The molecule has 0 unspecified atom stereocenters. The van der Waals surface area contributed by atoms with Crippen LogP contribution in [0.3, 0.4) is 0 Å². The summed E-state index contributed by atoms with van der Waals surface area (Å²) in [5, 5.41) is 8.89. The first-order valence-corrected chi connectivity index (χ1v) is 22.6. The normalized spacial score (nSPS) is 11.9. The van der Waals surface area contributed by atoms with Crippen LogP contribution in [-0.4, -0.2) is 24.1 Å². The highest BCUT2D eigenvalue weighted by molar-refractivity contribution is 6.17. The SMILES string of the molecule is c1ccc(-c2cccc(-c3nc(-c4cc(-n5c6ccccc6c6cc7ccccc7cc65)cc5oc6ccccc6c45)nc(-c4cccc5c4c4ccccc4n5-c4ccccc4)n3)c2)cc1. The number of fused-ring (bicyclic) bond motifs is 10. The van der Waals surface area contributed by atoms with E-state index in [1.165, 1.54) is 21.5 Å². The standard InChI is InChI=1S/C61H37N5O/c1-3-17-38(18-4-1)39-21-15-22-42(33-39)59-62-60(48-28-16-31-53-57(48)46-26-10-13-30-52(46)65(53)43-23-5-2-6-24-43)64-61(63-59)50-36-44(37-56-58(50)47-27-11-14-32-55(47)67-56)66-51-29-12-9-25-45(51)49-34-40-19-7-8-20-41(40)35-54(49)66/h1-37H. The molecule has 4 aromatic heterocycles. The van der Waals surface area contributed by atoms with Crippen LogP contribution in [0.25, 0.3) is 133 Å². The third-order valence-electron chi connectivity index (χ3n) is 13.3. The molecular formula is C61H37N5O. The molecule has 0 atom stereocenters. The van der Waals surface area contributed by atoms with Gasteiger partial charge in [-0.25, -0.2) is 15.0 Å². The summed E-state index contributed by atoms with van der Waals surface area (Å²) < 4.78 is 11.5. The summed E-state index contributed by atoms with van der Waals surface area (Å²) in [6, 6.07) is 79.1. The minimum atomic E-state index is 0.554. The van der Waals surface area contributed by atoms with Gasteiger partial charge in [-0.3, -0.25) is 0 Å². The molecule has 0 aliphatic carbocycles. The molecule has 10 aromatic carbocycles. The van der Waals surface area contributed by atoms with Crippen molar-refractivity contribution in [3.63, 3.8) is 0 Å². The number of nitrogens with zero attached hydrogens (tertiary/aromatic N) is 5. The Labute approximate surface area is 384 Å². The lowest BCUT2D eigenvalue weighted by Crippen LogP contribution is -2.02. The van der Waals surface area contributed by atoms with E-state index >= 15 is 0 Å². The highest BCUT2D eigenvalue weighted by Crippen LogP contribution is 2.43. The van der Waals surface area contributed by atoms with Crippen LogP contribution >= 0.6 is 0 Å². The molecule has 0 fully saturated rings. The van der Waals surface area contributed by atoms with Gasteiger partial charge < -0.3 is 13.6 Å². The number of hydrogen-bond acceptors (Lipinski definition) is 4. The first-order valence-electron chi connectivity index (χ1n) is 22.6. The second-order valence-electron chi connectivity index (χ2n) is 17.2. The van der Waals surface area contributed by atoms with Crippen LogP contribution in [0.15, 0.2) is 229 Å². The minimum Gasteiger partial charge on any atom is -0.456 e. The lowest BCUT2D eigenvalue weighted by Gasteiger charge is -2.14. The van der Waals surface area contributed by atoms with Gasteiger partial charge in [0.1, 0.15) is 11.2 Å². The molecule has 14 rings (SSSR count). The lowest BCUT2D eigenvalue weighted by molar-refractivity contribution is 0.668. The number of para-hydroxylation sites is 4. The summed E-state index contributed by atoms with van der Waals surface area (Å²) in [5.41, 5.74) is 12.9. The monoisotopic (exact) mass is 855 g/mol. The van der Waals surface area contributed by atoms with Crippen molar-refractivity contribution in [2.24, 2.45) is 0 Å². The maximum Gasteiger partial charge on any atom is 0.164 e. The molecule has 0 radical (unpaired) electrons. The zero-order valence-electron chi connectivity index (χ0n) is 36.0. The van der Waals surface area contributed by atoms with E-state index in [-0.39, 0.29) is 0 Å². The molecule has 6 nitrogen and oxygen atoms in total. The van der Waals surface area contributed by atoms with Gasteiger partial charge in [0.25, 0.3) is 0 Å². The topological polar surface area (TPSA) is 61.7 Å². The molecule has 0 aliphatic heterocycles. The summed E-state index contributed by atoms with van der Waals surface area (Å²) in [6.45, 7) is 0. The second kappa shape index (κ2) is 14.7. The number of aromatic nitrogens is 5. The molecule has 4 heterocycles. The number of benzene rings is 10. The summed E-state index contributed by atoms with van der Waals surface area (Å²) in [6.07, 6.45) is 0. The highest BCUT2D eigenvalue weighted by Gasteiger charge is 2.24. The largest absolute Gasteiger partial charge is 0.456 e. The molecule has 0 aliphatic rings. The molecule has 0 N–H and O–H groups in total. The summed E-state index contributed by atoms with van der Waals surface area (Å²) in [7, 11) is 0. The quantitative estimate of drug-likeness (QED) is 0.167. The van der Waals surface area contributed by atoms with Crippen molar-refractivity contribution in [1.29, 1.82) is 0 Å². The van der Waals surface area contributed by atoms with Gasteiger partial charge in [-0.05, 0) is 82.6 Å². The average Bonchev–Trinajstić information content (AvgIpc) is 4.05. The van der Waals surface area contributed by atoms with Crippen LogP contribution < -0.4 is 0 Å². The maximum atomic E-state index is 6.81. The van der Waals surface area contributed by atoms with Crippen LogP contribution in [0.5, 0.6) is 0 Å². The van der Waals surface area contributed by atoms with Crippen LogP contribution in [0, 0.1) is 0 Å². The van der Waals surface area contributed by atoms with E-state index in [2.05, 4.69) is 215 Å². The van der Waals surface area contributed by atoms with Gasteiger partial charge in [-0.2, -0.15) is 0 Å². The molecule has 0 bridgehead atoms. The second-order valence-corrected chi connectivity index (χ2v) is 17.2. The first-order chi connectivity index (χ1) is 33.2. The first kappa shape index (κ1) is 37.3. The van der Waals surface area contributed by atoms with Crippen molar-refractivity contribution < 1.29 is 4.42 Å². The molecule has 6 heteroatoms. The fourth-order valence-electron chi connectivity index (χ4n) is 10.4. The fourth-order valence-corrected chi connectivity index (χ4v) is 10.4. The molecular weight excluding hydrogens is 819 g/mol. The summed E-state index contributed by atoms with van der Waals surface area (Å²) in [5.74, 6) is 1.72. The van der Waals surface area contributed by atoms with Crippen molar-refractivity contribution in [2.75, 3.05) is 0 Å². The van der Waals surface area contributed by atoms with Crippen molar-refractivity contribution in [2.45, 2.75) is 0 Å². The number of hydrogen-bond donors (Lipinski definition) is 0. The Kier molecular flexibility index (Phi) is 8.18. The van der Waals surface area contributed by atoms with E-state index in [4.69, 9.17) is 19.4 Å². The molecule has 0 spiro atoms. The van der Waals surface area contributed by atoms with Crippen LogP contribution in [0.1, 0.15) is 0 Å². The Balaban J connectivity index is 1.08. The van der Waals surface area contributed by atoms with Crippen LogP contribution in [0.4, 0.5) is 0 Å². The van der Waals surface area contributed by atoms with Crippen molar-refractivity contribution in [3.8, 4) is 56.7 Å². The van der Waals surface area contributed by atoms with Gasteiger partial charge in [0.15, 0.2) is 17.5 Å². The van der Waals surface area contributed by atoms with E-state index < -0.39 is 0 Å². The zero-order chi connectivity index (χ0) is 44.0. The minimum absolute atomic E-state index is 0.554. The predicted octanol–water partition coefficient (Wildman–Crippen LogP) is 15.8. The van der Waals surface area contributed by atoms with Crippen LogP contribution in [0.2, 0.25) is 0 Å². The smallest absolute Gasteiger partial charge is 0.164 e. The maximum absolute atomic E-state index is 6.81. The molecule has 14 aromatic rings. The highest BCUT2D eigenvalue weighted by atomic mass is 16.3. The number of furan rings is 1. The third kappa shape index (κ3) is 5.86. The molecule has 67 heavy (non-hydrogen) atoms. The van der Waals surface area contributed by atoms with E-state index in [0.29, 0.717) is 17.5 Å². The van der Waals surface area contributed by atoms with Gasteiger partial charge >= 0.3 is 0 Å². The fraction of sp³-hybridized carbons (Fsp3) is 0. The Bertz CT molecular complexity index is 4280. The van der Waals surface area contributed by atoms with Gasteiger partial charge in [-0.1, -0.05) is 158 Å². The third-order valence-corrected chi connectivity index (χ3v) is 13.3. The van der Waals surface area contributed by atoms with E-state index in [1.54, 1.807) is 0 Å². The van der Waals surface area contributed by atoms with Crippen molar-refractivity contribution >= 4 is 76.3 Å². The van der Waals surface area contributed by atoms with Gasteiger partial charge in [0.2, 0.25) is 0 Å².